The van der Waals surface area contributed by atoms with Gasteiger partial charge in [-0.05, 0) is 5.53 Å². The Hall–Kier alpha value is -2.28. The standard InChI is InChI=1S/C10H14N8O8P2/c11-10-14-7-6(8(19)15-10)13-2-18(7)5-1-4(16-17-12)9(25-5)26-28(23,24)3-27(20,21)22/h2,4-5,9H,1,3H2,(H,23,24)(H2,20,21,22)(H3,11,14,15,19)/t4-,5+,9+/m0/s1. The number of imidazole rings is 1. The van der Waals surface area contributed by atoms with Gasteiger partial charge in [-0.2, -0.15) is 4.98 Å². The third kappa shape index (κ3) is 4.41. The Balaban J connectivity index is 1.90. The molecule has 0 spiro atoms. The summed E-state index contributed by atoms with van der Waals surface area (Å²) in [5.74, 6) is -1.62. The van der Waals surface area contributed by atoms with Gasteiger partial charge >= 0.3 is 15.2 Å². The molecule has 28 heavy (non-hydrogen) atoms. The Morgan fingerprint density at radius 3 is 2.86 bits per heavy atom. The molecular formula is C10H14N8O8P2. The van der Waals surface area contributed by atoms with Crippen molar-refractivity contribution in [3.05, 3.63) is 27.1 Å². The minimum Gasteiger partial charge on any atom is -0.369 e. The molecule has 2 aromatic rings. The van der Waals surface area contributed by atoms with Crippen LogP contribution < -0.4 is 11.3 Å². The Morgan fingerprint density at radius 1 is 1.50 bits per heavy atom. The van der Waals surface area contributed by atoms with E-state index in [0.29, 0.717) is 0 Å². The number of hydrogen-bond acceptors (Lipinski definition) is 9. The van der Waals surface area contributed by atoms with Crippen molar-refractivity contribution in [1.82, 2.24) is 19.5 Å². The van der Waals surface area contributed by atoms with Crippen LogP contribution in [-0.4, -0.2) is 52.4 Å². The molecule has 6 N–H and O–H groups in total. The van der Waals surface area contributed by atoms with Gasteiger partial charge in [0, 0.05) is 11.3 Å². The first kappa shape index (κ1) is 20.5. The topological polar surface area (TPSA) is 252 Å². The molecule has 1 saturated heterocycles. The Bertz CT molecular complexity index is 1100. The second-order valence-electron chi connectivity index (χ2n) is 5.79. The van der Waals surface area contributed by atoms with Crippen LogP contribution in [0, 0.1) is 0 Å². The minimum absolute atomic E-state index is 0.0446. The van der Waals surface area contributed by atoms with Crippen LogP contribution in [0.5, 0.6) is 0 Å². The summed E-state index contributed by atoms with van der Waals surface area (Å²) in [4.78, 5) is 52.0. The number of anilines is 1. The fourth-order valence-electron chi connectivity index (χ4n) is 2.64. The van der Waals surface area contributed by atoms with Crippen LogP contribution in [0.25, 0.3) is 21.6 Å². The number of nitrogens with two attached hydrogens (primary N) is 1. The number of aromatic amines is 1. The van der Waals surface area contributed by atoms with Gasteiger partial charge in [0.1, 0.15) is 6.23 Å². The third-order valence-corrected chi connectivity index (χ3v) is 7.08. The summed E-state index contributed by atoms with van der Waals surface area (Å²) < 4.78 is 34.5. The number of nitrogens with zero attached hydrogens (tertiary/aromatic N) is 6. The molecule has 0 bridgehead atoms. The van der Waals surface area contributed by atoms with Crippen LogP contribution in [0.3, 0.4) is 0 Å². The summed E-state index contributed by atoms with van der Waals surface area (Å²) in [7, 11) is -9.64. The SMILES string of the molecule is [N-]=[N+]=N[C@H]1C[C@H](n2cnc3c(=O)[nH]c(N)nc32)O[C@@H]1OP(=O)(O)CP(=O)(O)O. The molecule has 2 aromatic heterocycles. The van der Waals surface area contributed by atoms with Crippen molar-refractivity contribution >= 4 is 32.3 Å². The highest BCUT2D eigenvalue weighted by molar-refractivity contribution is 7.70. The number of aromatic nitrogens is 4. The summed E-state index contributed by atoms with van der Waals surface area (Å²) in [5, 5.41) is 3.42. The summed E-state index contributed by atoms with van der Waals surface area (Å²) in [5.41, 5.74) is 13.6. The van der Waals surface area contributed by atoms with E-state index in [1.807, 2.05) is 0 Å². The van der Waals surface area contributed by atoms with E-state index in [2.05, 4.69) is 25.0 Å². The number of fused-ring (bicyclic) bond motifs is 1. The van der Waals surface area contributed by atoms with Crippen LogP contribution >= 0.6 is 15.2 Å². The quantitative estimate of drug-likeness (QED) is 0.174. The zero-order valence-corrected chi connectivity index (χ0v) is 15.6. The molecule has 1 aliphatic heterocycles. The lowest BCUT2D eigenvalue weighted by molar-refractivity contribution is -0.103. The Kier molecular flexibility index (Phi) is 5.32. The van der Waals surface area contributed by atoms with Gasteiger partial charge in [0.15, 0.2) is 23.4 Å². The molecule has 0 saturated carbocycles. The lowest BCUT2D eigenvalue weighted by Gasteiger charge is -2.20. The molecule has 3 rings (SSSR count). The molecule has 16 nitrogen and oxygen atoms in total. The van der Waals surface area contributed by atoms with Crippen LogP contribution in [0.15, 0.2) is 16.2 Å². The predicted molar refractivity (Wildman–Crippen MR) is 91.8 cm³/mol. The molecule has 0 aromatic carbocycles. The van der Waals surface area contributed by atoms with Crippen LogP contribution in [-0.2, 0) is 18.4 Å². The summed E-state index contributed by atoms with van der Waals surface area (Å²) in [6.07, 6.45) is -1.42. The summed E-state index contributed by atoms with van der Waals surface area (Å²) in [6.45, 7) is 0. The highest BCUT2D eigenvalue weighted by atomic mass is 31.2. The second-order valence-corrected chi connectivity index (χ2v) is 9.74. The smallest absolute Gasteiger partial charge is 0.342 e. The molecule has 3 heterocycles. The highest BCUT2D eigenvalue weighted by Crippen LogP contribution is 2.57. The van der Waals surface area contributed by atoms with Crippen molar-refractivity contribution < 1.29 is 33.1 Å². The fraction of sp³-hybridized carbons (Fsp3) is 0.500. The maximum atomic E-state index is 12.0. The van der Waals surface area contributed by atoms with Gasteiger partial charge in [-0.25, -0.2) is 4.98 Å². The first-order chi connectivity index (χ1) is 13.0. The maximum absolute atomic E-state index is 12.0. The zero-order chi connectivity index (χ0) is 20.7. The molecule has 0 aliphatic carbocycles. The van der Waals surface area contributed by atoms with Crippen molar-refractivity contribution in [3.63, 3.8) is 0 Å². The van der Waals surface area contributed by atoms with Gasteiger partial charge in [0.05, 0.1) is 12.4 Å². The van der Waals surface area contributed by atoms with Crippen molar-refractivity contribution in [3.8, 4) is 0 Å². The molecule has 4 atom stereocenters. The number of ether oxygens (including phenoxy) is 1. The first-order valence-corrected chi connectivity index (χ1v) is 11.0. The normalized spacial score (nSPS) is 24.8. The monoisotopic (exact) mass is 436 g/mol. The van der Waals surface area contributed by atoms with Gasteiger partial charge in [0.2, 0.25) is 5.95 Å². The van der Waals surface area contributed by atoms with Gasteiger partial charge < -0.3 is 25.2 Å². The van der Waals surface area contributed by atoms with E-state index >= 15 is 0 Å². The van der Waals surface area contributed by atoms with E-state index in [1.54, 1.807) is 0 Å². The molecule has 18 heteroatoms. The molecule has 1 aliphatic rings. The van der Waals surface area contributed by atoms with Gasteiger partial charge in [-0.1, -0.05) is 5.11 Å². The van der Waals surface area contributed by atoms with Crippen LogP contribution in [0.1, 0.15) is 12.6 Å². The van der Waals surface area contributed by atoms with E-state index < -0.39 is 45.2 Å². The van der Waals surface area contributed by atoms with Gasteiger partial charge in [-0.15, -0.1) is 0 Å². The number of rotatable bonds is 6. The average molecular weight is 436 g/mol. The zero-order valence-electron chi connectivity index (χ0n) is 13.8. The third-order valence-electron chi connectivity index (χ3n) is 3.64. The van der Waals surface area contributed by atoms with Crippen molar-refractivity contribution in [2.45, 2.75) is 25.0 Å². The van der Waals surface area contributed by atoms with Crippen molar-refractivity contribution in [2.75, 3.05) is 11.6 Å². The molecule has 0 amide bonds. The van der Waals surface area contributed by atoms with E-state index in [9.17, 15) is 18.8 Å². The lowest BCUT2D eigenvalue weighted by Crippen LogP contribution is -2.22. The lowest BCUT2D eigenvalue weighted by atomic mass is 10.2. The highest BCUT2D eigenvalue weighted by Gasteiger charge is 2.43. The molecular weight excluding hydrogens is 422 g/mol. The second kappa shape index (κ2) is 7.28. The predicted octanol–water partition coefficient (Wildman–Crippen LogP) is -0.0371. The summed E-state index contributed by atoms with van der Waals surface area (Å²) >= 11 is 0. The molecule has 1 fully saturated rings. The average Bonchev–Trinajstić information content (AvgIpc) is 3.09. The van der Waals surface area contributed by atoms with Crippen LogP contribution in [0.2, 0.25) is 0 Å². The number of hydrogen-bond donors (Lipinski definition) is 5. The van der Waals surface area contributed by atoms with Crippen molar-refractivity contribution in [1.29, 1.82) is 0 Å². The minimum atomic E-state index is -4.86. The van der Waals surface area contributed by atoms with E-state index in [0.717, 1.165) is 0 Å². The number of nitrogen functional groups attached to an aromatic ring is 1. The Labute approximate surface area is 154 Å². The maximum Gasteiger partial charge on any atom is 0.342 e. The first-order valence-electron chi connectivity index (χ1n) is 7.46. The molecule has 0 radical (unpaired) electrons. The number of azide groups is 1. The summed E-state index contributed by atoms with van der Waals surface area (Å²) in [6, 6.07) is -1.11. The van der Waals surface area contributed by atoms with E-state index in [-0.39, 0.29) is 23.5 Å². The Morgan fingerprint density at radius 2 is 2.21 bits per heavy atom. The van der Waals surface area contributed by atoms with Gasteiger partial charge in [-0.3, -0.25) is 28.0 Å². The van der Waals surface area contributed by atoms with Gasteiger partial charge in [0.25, 0.3) is 5.56 Å². The molecule has 152 valence electrons. The van der Waals surface area contributed by atoms with Crippen LogP contribution in [0.4, 0.5) is 5.95 Å². The fourth-order valence-corrected chi connectivity index (χ4v) is 5.29. The molecule has 1 unspecified atom stereocenters. The van der Waals surface area contributed by atoms with Crippen molar-refractivity contribution in [2.24, 2.45) is 5.11 Å². The number of nitrogens with one attached hydrogen (secondary N) is 1. The largest absolute Gasteiger partial charge is 0.369 e. The van der Waals surface area contributed by atoms with E-state index in [4.69, 9.17) is 30.3 Å². The number of H-pyrrole nitrogens is 1. The van der Waals surface area contributed by atoms with E-state index in [1.165, 1.54) is 10.9 Å².